The Morgan fingerprint density at radius 3 is 2.94 bits per heavy atom. The Labute approximate surface area is 109 Å². The van der Waals surface area contributed by atoms with E-state index in [-0.39, 0.29) is 11.1 Å². The summed E-state index contributed by atoms with van der Waals surface area (Å²) < 4.78 is 13.2. The predicted octanol–water partition coefficient (Wildman–Crippen LogP) is 3.35. The first-order valence-electron chi connectivity index (χ1n) is 5.62. The van der Waals surface area contributed by atoms with E-state index in [0.717, 1.165) is 12.2 Å². The van der Waals surface area contributed by atoms with E-state index in [4.69, 9.17) is 17.3 Å². The number of anilines is 2. The van der Waals surface area contributed by atoms with Crippen LogP contribution in [0, 0.1) is 5.82 Å². The van der Waals surface area contributed by atoms with Gasteiger partial charge in [-0.2, -0.15) is 0 Å². The zero-order chi connectivity index (χ0) is 13.1. The highest BCUT2D eigenvalue weighted by Crippen LogP contribution is 2.29. The lowest BCUT2D eigenvalue weighted by Gasteiger charge is -2.18. The van der Waals surface area contributed by atoms with Gasteiger partial charge in [0.25, 0.3) is 0 Å². The van der Waals surface area contributed by atoms with E-state index in [1.54, 1.807) is 12.4 Å². The molecule has 1 unspecified atom stereocenters. The van der Waals surface area contributed by atoms with Crippen molar-refractivity contribution in [1.29, 1.82) is 0 Å². The summed E-state index contributed by atoms with van der Waals surface area (Å²) in [5.74, 6) is 0.281. The highest BCUT2D eigenvalue weighted by Gasteiger charge is 2.14. The largest absolute Gasteiger partial charge is 0.397 e. The van der Waals surface area contributed by atoms with Crippen LogP contribution in [0.25, 0.3) is 0 Å². The molecule has 0 bridgehead atoms. The maximum Gasteiger partial charge on any atom is 0.143 e. The van der Waals surface area contributed by atoms with Gasteiger partial charge in [0.15, 0.2) is 0 Å². The van der Waals surface area contributed by atoms with Crippen molar-refractivity contribution in [2.75, 3.05) is 11.1 Å². The Bertz CT molecular complexity index is 527. The molecule has 0 amide bonds. The van der Waals surface area contributed by atoms with Gasteiger partial charge in [-0.25, -0.2) is 9.37 Å². The Hall–Kier alpha value is -1.75. The normalized spacial score (nSPS) is 12.4. The summed E-state index contributed by atoms with van der Waals surface area (Å²) in [6, 6.07) is 2.67. The van der Waals surface area contributed by atoms with E-state index in [2.05, 4.69) is 15.3 Å². The first-order valence-corrected chi connectivity index (χ1v) is 6.00. The van der Waals surface area contributed by atoms with Crippen LogP contribution in [0.5, 0.6) is 0 Å². The zero-order valence-corrected chi connectivity index (χ0v) is 10.6. The molecule has 1 aromatic heterocycles. The van der Waals surface area contributed by atoms with Crippen molar-refractivity contribution in [3.63, 3.8) is 0 Å². The van der Waals surface area contributed by atoms with Gasteiger partial charge in [-0.3, -0.25) is 0 Å². The molecule has 1 aromatic carbocycles. The number of nitrogens with two attached hydrogens (primary N) is 1. The van der Waals surface area contributed by atoms with E-state index in [1.807, 2.05) is 6.92 Å². The average Bonchev–Trinajstić information content (AvgIpc) is 2.85. The van der Waals surface area contributed by atoms with Gasteiger partial charge in [-0.05, 0) is 12.5 Å². The van der Waals surface area contributed by atoms with E-state index in [9.17, 15) is 4.39 Å². The average molecular weight is 269 g/mol. The van der Waals surface area contributed by atoms with Crippen molar-refractivity contribution < 1.29 is 4.39 Å². The van der Waals surface area contributed by atoms with Gasteiger partial charge in [0.1, 0.15) is 11.6 Å². The standard InChI is InChI=1S/C12H14ClFN4/c1-2-10(12-16-3-4-17-12)18-11-5-7(13)8(14)6-9(11)15/h3-6,10,18H,2,15H2,1H3,(H,16,17). The van der Waals surface area contributed by atoms with E-state index in [1.165, 1.54) is 12.1 Å². The summed E-state index contributed by atoms with van der Waals surface area (Å²) in [7, 11) is 0. The maximum absolute atomic E-state index is 13.2. The van der Waals surface area contributed by atoms with Gasteiger partial charge in [0, 0.05) is 18.5 Å². The SMILES string of the molecule is CCC(Nc1cc(Cl)c(F)cc1N)c1ncc[nH]1. The van der Waals surface area contributed by atoms with Gasteiger partial charge in [-0.1, -0.05) is 18.5 Å². The molecule has 0 fully saturated rings. The summed E-state index contributed by atoms with van der Waals surface area (Å²) in [6.07, 6.45) is 4.24. The van der Waals surface area contributed by atoms with Crippen LogP contribution in [-0.2, 0) is 0 Å². The third-order valence-corrected chi connectivity index (χ3v) is 2.97. The number of rotatable bonds is 4. The summed E-state index contributed by atoms with van der Waals surface area (Å²) in [4.78, 5) is 7.22. The van der Waals surface area contributed by atoms with Crippen LogP contribution in [-0.4, -0.2) is 9.97 Å². The molecule has 0 aliphatic rings. The maximum atomic E-state index is 13.2. The third kappa shape index (κ3) is 2.56. The number of imidazole rings is 1. The molecule has 1 atom stereocenters. The lowest BCUT2D eigenvalue weighted by molar-refractivity contribution is 0.628. The van der Waals surface area contributed by atoms with Crippen LogP contribution in [0.3, 0.4) is 0 Å². The molecule has 2 aromatic rings. The van der Waals surface area contributed by atoms with Crippen LogP contribution in [0.4, 0.5) is 15.8 Å². The number of hydrogen-bond donors (Lipinski definition) is 3. The van der Waals surface area contributed by atoms with E-state index in [0.29, 0.717) is 11.4 Å². The van der Waals surface area contributed by atoms with Crippen molar-refractivity contribution in [3.8, 4) is 0 Å². The fourth-order valence-electron chi connectivity index (χ4n) is 1.71. The second-order valence-electron chi connectivity index (χ2n) is 3.93. The Kier molecular flexibility index (Phi) is 3.72. The first kappa shape index (κ1) is 12.7. The van der Waals surface area contributed by atoms with Crippen molar-refractivity contribution in [2.24, 2.45) is 0 Å². The number of aromatic nitrogens is 2. The quantitative estimate of drug-likeness (QED) is 0.745. The summed E-state index contributed by atoms with van der Waals surface area (Å²) in [6.45, 7) is 2.02. The highest BCUT2D eigenvalue weighted by molar-refractivity contribution is 6.31. The summed E-state index contributed by atoms with van der Waals surface area (Å²) >= 11 is 5.74. The number of nitrogen functional groups attached to an aromatic ring is 1. The molecule has 0 saturated heterocycles. The van der Waals surface area contributed by atoms with E-state index < -0.39 is 5.82 Å². The van der Waals surface area contributed by atoms with Gasteiger partial charge < -0.3 is 16.0 Å². The minimum absolute atomic E-state index is 0.0242. The summed E-state index contributed by atoms with van der Waals surface area (Å²) in [5.41, 5.74) is 6.68. The number of nitrogens with one attached hydrogen (secondary N) is 2. The Morgan fingerprint density at radius 1 is 1.56 bits per heavy atom. The van der Waals surface area contributed by atoms with E-state index >= 15 is 0 Å². The zero-order valence-electron chi connectivity index (χ0n) is 9.87. The third-order valence-electron chi connectivity index (χ3n) is 2.68. The van der Waals surface area contributed by atoms with Crippen LogP contribution in [0.15, 0.2) is 24.5 Å². The minimum Gasteiger partial charge on any atom is -0.397 e. The first-order chi connectivity index (χ1) is 8.61. The molecule has 0 saturated carbocycles. The van der Waals surface area contributed by atoms with Crippen molar-refractivity contribution >= 4 is 23.0 Å². The molecule has 0 aliphatic heterocycles. The van der Waals surface area contributed by atoms with Crippen molar-refractivity contribution in [3.05, 3.63) is 41.2 Å². The molecule has 0 spiro atoms. The van der Waals surface area contributed by atoms with Crippen LogP contribution in [0.1, 0.15) is 25.2 Å². The number of hydrogen-bond acceptors (Lipinski definition) is 3. The minimum atomic E-state index is -0.522. The monoisotopic (exact) mass is 268 g/mol. The summed E-state index contributed by atoms with van der Waals surface area (Å²) in [5, 5.41) is 3.24. The van der Waals surface area contributed by atoms with Gasteiger partial charge in [0.2, 0.25) is 0 Å². The van der Waals surface area contributed by atoms with Gasteiger partial charge >= 0.3 is 0 Å². The Balaban J connectivity index is 2.25. The van der Waals surface area contributed by atoms with Crippen LogP contribution in [0.2, 0.25) is 5.02 Å². The van der Waals surface area contributed by atoms with Crippen LogP contribution < -0.4 is 11.1 Å². The van der Waals surface area contributed by atoms with Gasteiger partial charge in [0.05, 0.1) is 22.4 Å². The molecule has 2 rings (SSSR count). The van der Waals surface area contributed by atoms with Gasteiger partial charge in [-0.15, -0.1) is 0 Å². The number of halogens is 2. The van der Waals surface area contributed by atoms with Crippen LogP contribution >= 0.6 is 11.6 Å². The second kappa shape index (κ2) is 5.27. The number of H-pyrrole nitrogens is 1. The molecule has 4 nitrogen and oxygen atoms in total. The molecule has 1 heterocycles. The molecule has 6 heteroatoms. The molecule has 0 aliphatic carbocycles. The lowest BCUT2D eigenvalue weighted by Crippen LogP contribution is -2.12. The Morgan fingerprint density at radius 2 is 2.33 bits per heavy atom. The molecule has 96 valence electrons. The molecule has 18 heavy (non-hydrogen) atoms. The number of benzene rings is 1. The van der Waals surface area contributed by atoms with Crippen molar-refractivity contribution in [2.45, 2.75) is 19.4 Å². The fourth-order valence-corrected chi connectivity index (χ4v) is 1.87. The number of nitrogens with zero attached hydrogens (tertiary/aromatic N) is 1. The molecule has 0 radical (unpaired) electrons. The molecule has 4 N–H and O–H groups in total. The lowest BCUT2D eigenvalue weighted by atomic mass is 10.2. The van der Waals surface area contributed by atoms with Crippen molar-refractivity contribution in [1.82, 2.24) is 9.97 Å². The topological polar surface area (TPSA) is 66.7 Å². The smallest absolute Gasteiger partial charge is 0.143 e. The highest BCUT2D eigenvalue weighted by atomic mass is 35.5. The molecular weight excluding hydrogens is 255 g/mol. The second-order valence-corrected chi connectivity index (χ2v) is 4.34. The molecular formula is C12H14ClFN4. The fraction of sp³-hybridized carbons (Fsp3) is 0.250. The predicted molar refractivity (Wildman–Crippen MR) is 71.1 cm³/mol. The number of aromatic amines is 1.